The van der Waals surface area contributed by atoms with Gasteiger partial charge in [0.2, 0.25) is 0 Å². The molecule has 7 heteroatoms. The average Bonchev–Trinajstić information content (AvgIpc) is 3.24. The molecule has 0 radical (unpaired) electrons. The number of hydrogen-bond donors (Lipinski definition) is 0. The summed E-state index contributed by atoms with van der Waals surface area (Å²) < 4.78 is 7.46. The van der Waals surface area contributed by atoms with Crippen molar-refractivity contribution in [1.29, 1.82) is 0 Å². The molecule has 1 fully saturated rings. The van der Waals surface area contributed by atoms with E-state index in [2.05, 4.69) is 30.9 Å². The van der Waals surface area contributed by atoms with E-state index in [1.54, 1.807) is 7.11 Å². The zero-order valence-electron chi connectivity index (χ0n) is 16.3. The minimum Gasteiger partial charge on any atom is -0.496 e. The highest BCUT2D eigenvalue weighted by Gasteiger charge is 2.21. The lowest BCUT2D eigenvalue weighted by molar-refractivity contribution is 0.416. The van der Waals surface area contributed by atoms with Crippen LogP contribution in [0.3, 0.4) is 0 Å². The zero-order valence-corrected chi connectivity index (χ0v) is 16.3. The summed E-state index contributed by atoms with van der Waals surface area (Å²) in [7, 11) is 1.68. The molecule has 5 rings (SSSR count). The number of fused-ring (bicyclic) bond motifs is 1. The predicted octanol–water partition coefficient (Wildman–Crippen LogP) is 3.13. The van der Waals surface area contributed by atoms with Gasteiger partial charge in [-0.05, 0) is 24.3 Å². The summed E-state index contributed by atoms with van der Waals surface area (Å²) in [6, 6.07) is 16.0. The van der Waals surface area contributed by atoms with Crippen molar-refractivity contribution < 1.29 is 4.74 Å². The normalized spacial score (nSPS) is 14.4. The SMILES string of the molecule is COc1ccccc1-c1cnn2c(N3CCN(c4ccccn4)CC3)ccnc12. The fourth-order valence-corrected chi connectivity index (χ4v) is 3.88. The van der Waals surface area contributed by atoms with Crippen molar-refractivity contribution in [3.05, 3.63) is 67.1 Å². The van der Waals surface area contributed by atoms with Gasteiger partial charge in [-0.1, -0.05) is 24.3 Å². The maximum Gasteiger partial charge on any atom is 0.165 e. The monoisotopic (exact) mass is 386 g/mol. The maximum atomic E-state index is 5.53. The fraction of sp³-hybridized carbons (Fsp3) is 0.227. The summed E-state index contributed by atoms with van der Waals surface area (Å²) in [6.45, 7) is 3.64. The zero-order chi connectivity index (χ0) is 19.6. The van der Waals surface area contributed by atoms with Crippen molar-refractivity contribution in [3.63, 3.8) is 0 Å². The Balaban J connectivity index is 1.44. The Morgan fingerprint density at radius 2 is 1.59 bits per heavy atom. The van der Waals surface area contributed by atoms with Gasteiger partial charge in [0.05, 0.1) is 18.9 Å². The van der Waals surface area contributed by atoms with E-state index in [9.17, 15) is 0 Å². The van der Waals surface area contributed by atoms with Gasteiger partial charge < -0.3 is 14.5 Å². The van der Waals surface area contributed by atoms with Gasteiger partial charge in [0, 0.05) is 44.1 Å². The van der Waals surface area contributed by atoms with Crippen LogP contribution in [-0.4, -0.2) is 52.9 Å². The summed E-state index contributed by atoms with van der Waals surface area (Å²) in [5, 5.41) is 4.65. The number of nitrogens with zero attached hydrogens (tertiary/aromatic N) is 6. The standard InChI is InChI=1S/C22H22N6O/c1-29-19-7-3-2-6-17(19)18-16-25-28-21(9-11-24-22(18)28)27-14-12-26(13-15-27)20-8-4-5-10-23-20/h2-11,16H,12-15H2,1H3. The van der Waals surface area contributed by atoms with Crippen molar-refractivity contribution >= 4 is 17.3 Å². The molecular weight excluding hydrogens is 364 g/mol. The molecule has 0 saturated carbocycles. The quantitative estimate of drug-likeness (QED) is 0.537. The van der Waals surface area contributed by atoms with Crippen molar-refractivity contribution in [3.8, 4) is 16.9 Å². The van der Waals surface area contributed by atoms with Crippen molar-refractivity contribution in [2.45, 2.75) is 0 Å². The van der Waals surface area contributed by atoms with Gasteiger partial charge in [0.25, 0.3) is 0 Å². The Kier molecular flexibility index (Phi) is 4.48. The molecule has 0 atom stereocenters. The highest BCUT2D eigenvalue weighted by molar-refractivity contribution is 5.81. The van der Waals surface area contributed by atoms with Gasteiger partial charge in [-0.25, -0.2) is 9.97 Å². The number of benzene rings is 1. The summed E-state index contributed by atoms with van der Waals surface area (Å²) in [4.78, 5) is 13.8. The van der Waals surface area contributed by atoms with Crippen LogP contribution in [-0.2, 0) is 0 Å². The molecule has 1 aromatic carbocycles. The molecule has 0 N–H and O–H groups in total. The van der Waals surface area contributed by atoms with Gasteiger partial charge in [0.1, 0.15) is 17.4 Å². The predicted molar refractivity (Wildman–Crippen MR) is 114 cm³/mol. The molecular formula is C22H22N6O. The van der Waals surface area contributed by atoms with Crippen LogP contribution in [0.25, 0.3) is 16.8 Å². The molecule has 0 aliphatic carbocycles. The highest BCUT2D eigenvalue weighted by Crippen LogP contribution is 2.33. The molecule has 0 amide bonds. The van der Waals surface area contributed by atoms with E-state index >= 15 is 0 Å². The molecule has 29 heavy (non-hydrogen) atoms. The molecule has 0 spiro atoms. The van der Waals surface area contributed by atoms with E-state index in [1.165, 1.54) is 0 Å². The van der Waals surface area contributed by atoms with Crippen LogP contribution in [0.4, 0.5) is 11.6 Å². The first-order chi connectivity index (χ1) is 14.3. The number of methoxy groups -OCH3 is 1. The average molecular weight is 386 g/mol. The van der Waals surface area contributed by atoms with Gasteiger partial charge >= 0.3 is 0 Å². The van der Waals surface area contributed by atoms with E-state index in [0.717, 1.165) is 60.3 Å². The largest absolute Gasteiger partial charge is 0.496 e. The molecule has 4 heterocycles. The summed E-state index contributed by atoms with van der Waals surface area (Å²) in [6.07, 6.45) is 5.57. The van der Waals surface area contributed by atoms with Crippen LogP contribution in [0.2, 0.25) is 0 Å². The van der Waals surface area contributed by atoms with Gasteiger partial charge in [-0.15, -0.1) is 0 Å². The summed E-state index contributed by atoms with van der Waals surface area (Å²) >= 11 is 0. The first-order valence-electron chi connectivity index (χ1n) is 9.72. The minimum atomic E-state index is 0.818. The third kappa shape index (κ3) is 3.14. The Morgan fingerprint density at radius 1 is 0.793 bits per heavy atom. The molecule has 3 aromatic heterocycles. The number of anilines is 2. The molecule has 1 saturated heterocycles. The lowest BCUT2D eigenvalue weighted by atomic mass is 10.1. The van der Waals surface area contributed by atoms with Gasteiger partial charge in [0.15, 0.2) is 5.65 Å². The molecule has 7 nitrogen and oxygen atoms in total. The van der Waals surface area contributed by atoms with Crippen LogP contribution in [0.15, 0.2) is 67.1 Å². The lowest BCUT2D eigenvalue weighted by Crippen LogP contribution is -2.47. The molecule has 1 aliphatic heterocycles. The maximum absolute atomic E-state index is 5.53. The second kappa shape index (κ2) is 7.43. The number of aromatic nitrogens is 4. The van der Waals surface area contributed by atoms with Crippen molar-refractivity contribution in [2.75, 3.05) is 43.1 Å². The minimum absolute atomic E-state index is 0.818. The van der Waals surface area contributed by atoms with Crippen LogP contribution in [0.1, 0.15) is 0 Å². The summed E-state index contributed by atoms with van der Waals surface area (Å²) in [5.74, 6) is 2.90. The van der Waals surface area contributed by atoms with Crippen LogP contribution < -0.4 is 14.5 Å². The second-order valence-corrected chi connectivity index (χ2v) is 6.96. The second-order valence-electron chi connectivity index (χ2n) is 6.96. The van der Waals surface area contributed by atoms with E-state index in [1.807, 2.05) is 65.6 Å². The van der Waals surface area contributed by atoms with Crippen LogP contribution in [0.5, 0.6) is 5.75 Å². The van der Waals surface area contributed by atoms with Crippen molar-refractivity contribution in [2.24, 2.45) is 0 Å². The molecule has 0 bridgehead atoms. The molecule has 146 valence electrons. The number of rotatable bonds is 4. The van der Waals surface area contributed by atoms with Crippen molar-refractivity contribution in [1.82, 2.24) is 19.6 Å². The molecule has 1 aliphatic rings. The number of hydrogen-bond acceptors (Lipinski definition) is 6. The molecule has 4 aromatic rings. The number of para-hydroxylation sites is 1. The van der Waals surface area contributed by atoms with E-state index in [0.29, 0.717) is 0 Å². The van der Waals surface area contributed by atoms with Crippen LogP contribution in [0, 0.1) is 0 Å². The van der Waals surface area contributed by atoms with E-state index < -0.39 is 0 Å². The van der Waals surface area contributed by atoms with Gasteiger partial charge in [-0.3, -0.25) is 0 Å². The smallest absolute Gasteiger partial charge is 0.165 e. The number of piperazine rings is 1. The Labute approximate surface area is 169 Å². The lowest BCUT2D eigenvalue weighted by Gasteiger charge is -2.36. The molecule has 0 unspecified atom stereocenters. The first kappa shape index (κ1) is 17.5. The van der Waals surface area contributed by atoms with Gasteiger partial charge in [-0.2, -0.15) is 9.61 Å². The topological polar surface area (TPSA) is 58.8 Å². The Hall–Kier alpha value is -3.61. The highest BCUT2D eigenvalue weighted by atomic mass is 16.5. The van der Waals surface area contributed by atoms with E-state index in [-0.39, 0.29) is 0 Å². The van der Waals surface area contributed by atoms with Crippen LogP contribution >= 0.6 is 0 Å². The summed E-state index contributed by atoms with van der Waals surface area (Å²) in [5.41, 5.74) is 2.80. The Morgan fingerprint density at radius 3 is 2.38 bits per heavy atom. The Bertz CT molecular complexity index is 1120. The fourth-order valence-electron chi connectivity index (χ4n) is 3.88. The van der Waals surface area contributed by atoms with E-state index in [4.69, 9.17) is 4.74 Å². The third-order valence-corrected chi connectivity index (χ3v) is 5.36. The number of ether oxygens (including phenoxy) is 1. The number of pyridine rings is 1. The first-order valence-corrected chi connectivity index (χ1v) is 9.72. The third-order valence-electron chi connectivity index (χ3n) is 5.36.